The van der Waals surface area contributed by atoms with Crippen molar-refractivity contribution in [1.29, 1.82) is 0 Å². The average Bonchev–Trinajstić information content (AvgIpc) is 2.58. The number of rotatable bonds is 8. The first-order valence-electron chi connectivity index (χ1n) is 6.91. The van der Waals surface area contributed by atoms with E-state index in [0.717, 1.165) is 18.2 Å². The van der Waals surface area contributed by atoms with Crippen molar-refractivity contribution in [2.24, 2.45) is 5.92 Å². The van der Waals surface area contributed by atoms with Crippen LogP contribution in [0.2, 0.25) is 0 Å². The first kappa shape index (κ1) is 15.4. The third-order valence-electron chi connectivity index (χ3n) is 2.73. The van der Waals surface area contributed by atoms with Crippen molar-refractivity contribution in [2.45, 2.75) is 53.6 Å². The number of hydrogen-bond acceptors (Lipinski definition) is 3. The largest absolute Gasteiger partial charge is 0.353 e. The second-order valence-corrected chi connectivity index (χ2v) is 6.68. The Morgan fingerprint density at radius 3 is 2.72 bits per heavy atom. The zero-order chi connectivity index (χ0) is 13.5. The zero-order valence-corrected chi connectivity index (χ0v) is 13.2. The van der Waals surface area contributed by atoms with Gasteiger partial charge in [0.05, 0.1) is 5.69 Å². The van der Waals surface area contributed by atoms with Crippen molar-refractivity contribution in [1.82, 2.24) is 9.55 Å². The Hall–Kier alpha value is -0.640. The van der Waals surface area contributed by atoms with Crippen LogP contribution in [-0.2, 0) is 6.54 Å². The molecule has 0 saturated carbocycles. The van der Waals surface area contributed by atoms with Crippen LogP contribution in [0.1, 0.15) is 39.8 Å². The first-order chi connectivity index (χ1) is 8.52. The molecule has 1 N–H and O–H groups in total. The highest BCUT2D eigenvalue weighted by molar-refractivity contribution is 7.99. The quantitative estimate of drug-likeness (QED) is 0.728. The van der Waals surface area contributed by atoms with E-state index in [-0.39, 0.29) is 0 Å². The lowest BCUT2D eigenvalue weighted by molar-refractivity contribution is 0.524. The first-order valence-corrected chi connectivity index (χ1v) is 8.06. The molecular formula is C14H27N3S. The molecule has 3 nitrogen and oxygen atoms in total. The van der Waals surface area contributed by atoms with Crippen molar-refractivity contribution >= 4 is 17.7 Å². The molecule has 0 aromatic carbocycles. The van der Waals surface area contributed by atoms with Gasteiger partial charge < -0.3 is 9.88 Å². The van der Waals surface area contributed by atoms with Gasteiger partial charge in [-0.1, -0.05) is 20.8 Å². The molecule has 0 saturated heterocycles. The molecule has 0 spiro atoms. The van der Waals surface area contributed by atoms with Crippen LogP contribution in [0.5, 0.6) is 0 Å². The summed E-state index contributed by atoms with van der Waals surface area (Å²) in [4.78, 5) is 4.58. The number of nitrogens with zero attached hydrogens (tertiary/aromatic N) is 2. The molecule has 1 atom stereocenters. The van der Waals surface area contributed by atoms with Crippen molar-refractivity contribution in [3.8, 4) is 0 Å². The Morgan fingerprint density at radius 1 is 1.39 bits per heavy atom. The van der Waals surface area contributed by atoms with Gasteiger partial charge in [0, 0.05) is 18.8 Å². The predicted octanol–water partition coefficient (Wildman–Crippen LogP) is 3.79. The van der Waals surface area contributed by atoms with E-state index in [4.69, 9.17) is 0 Å². The maximum absolute atomic E-state index is 4.58. The molecule has 1 unspecified atom stereocenters. The summed E-state index contributed by atoms with van der Waals surface area (Å²) < 4.78 is 2.24. The smallest absolute Gasteiger partial charge is 0.203 e. The van der Waals surface area contributed by atoms with E-state index >= 15 is 0 Å². The summed E-state index contributed by atoms with van der Waals surface area (Å²) in [5.74, 6) is 4.09. The monoisotopic (exact) mass is 269 g/mol. The lowest BCUT2D eigenvalue weighted by Gasteiger charge is -2.16. The second-order valence-electron chi connectivity index (χ2n) is 5.28. The van der Waals surface area contributed by atoms with E-state index in [9.17, 15) is 0 Å². The molecule has 1 heterocycles. The third-order valence-corrected chi connectivity index (χ3v) is 3.67. The number of imidazole rings is 1. The topological polar surface area (TPSA) is 29.9 Å². The minimum Gasteiger partial charge on any atom is -0.353 e. The van der Waals surface area contributed by atoms with Gasteiger partial charge in [-0.15, -0.1) is 0 Å². The van der Waals surface area contributed by atoms with Gasteiger partial charge in [-0.25, -0.2) is 4.98 Å². The summed E-state index contributed by atoms with van der Waals surface area (Å²) in [6.07, 6.45) is 3.32. The summed E-state index contributed by atoms with van der Waals surface area (Å²) in [5, 5.41) is 3.53. The van der Waals surface area contributed by atoms with E-state index in [1.807, 2.05) is 11.8 Å². The van der Waals surface area contributed by atoms with Crippen molar-refractivity contribution in [3.63, 3.8) is 0 Å². The van der Waals surface area contributed by atoms with E-state index in [2.05, 4.69) is 55.7 Å². The number of aromatic nitrogens is 2. The van der Waals surface area contributed by atoms with Crippen LogP contribution in [-0.4, -0.2) is 27.1 Å². The fraction of sp³-hybridized carbons (Fsp3) is 0.786. The molecule has 1 rings (SSSR count). The highest BCUT2D eigenvalue weighted by Gasteiger charge is 2.10. The molecule has 0 fully saturated rings. The van der Waals surface area contributed by atoms with Gasteiger partial charge in [0.25, 0.3) is 0 Å². The van der Waals surface area contributed by atoms with Gasteiger partial charge >= 0.3 is 0 Å². The molecule has 0 amide bonds. The maximum Gasteiger partial charge on any atom is 0.203 e. The Bertz CT molecular complexity index is 347. The molecule has 1 aromatic rings. The summed E-state index contributed by atoms with van der Waals surface area (Å²) in [7, 11) is 0. The van der Waals surface area contributed by atoms with Crippen LogP contribution in [0.25, 0.3) is 0 Å². The van der Waals surface area contributed by atoms with Crippen LogP contribution >= 0.6 is 11.8 Å². The van der Waals surface area contributed by atoms with Crippen molar-refractivity contribution in [3.05, 3.63) is 11.9 Å². The number of thioether (sulfide) groups is 1. The molecule has 104 valence electrons. The molecule has 18 heavy (non-hydrogen) atoms. The van der Waals surface area contributed by atoms with E-state index in [1.165, 1.54) is 17.9 Å². The minimum atomic E-state index is 0.483. The Labute approximate surface area is 116 Å². The van der Waals surface area contributed by atoms with Crippen molar-refractivity contribution in [2.75, 3.05) is 16.8 Å². The maximum atomic E-state index is 4.58. The van der Waals surface area contributed by atoms with Gasteiger partial charge in [0.2, 0.25) is 5.95 Å². The molecular weight excluding hydrogens is 242 g/mol. The predicted molar refractivity (Wildman–Crippen MR) is 82.5 cm³/mol. The molecule has 0 bridgehead atoms. The van der Waals surface area contributed by atoms with Crippen LogP contribution in [0, 0.1) is 12.8 Å². The van der Waals surface area contributed by atoms with Crippen molar-refractivity contribution < 1.29 is 0 Å². The third kappa shape index (κ3) is 5.34. The van der Waals surface area contributed by atoms with Gasteiger partial charge in [0.15, 0.2) is 0 Å². The minimum absolute atomic E-state index is 0.483. The number of hydrogen-bond donors (Lipinski definition) is 1. The summed E-state index contributed by atoms with van der Waals surface area (Å²) in [6, 6.07) is 0.483. The summed E-state index contributed by atoms with van der Waals surface area (Å²) in [5.41, 5.74) is 1.09. The molecule has 0 aliphatic heterocycles. The average molecular weight is 269 g/mol. The lowest BCUT2D eigenvalue weighted by Crippen LogP contribution is -2.20. The van der Waals surface area contributed by atoms with Gasteiger partial charge in [0.1, 0.15) is 0 Å². The Morgan fingerprint density at radius 2 is 2.11 bits per heavy atom. The van der Waals surface area contributed by atoms with Crippen LogP contribution in [0.15, 0.2) is 6.20 Å². The van der Waals surface area contributed by atoms with Gasteiger partial charge in [-0.05, 0) is 37.7 Å². The second kappa shape index (κ2) is 7.72. The van der Waals surface area contributed by atoms with Gasteiger partial charge in [-0.2, -0.15) is 11.8 Å². The Balaban J connectivity index is 2.54. The fourth-order valence-electron chi connectivity index (χ4n) is 1.89. The standard InChI is InChI=1S/C14H27N3S/c1-6-18-8-7-12(4)15-14-16-13(5)10-17(14)9-11(2)3/h10-12H,6-9H2,1-5H3,(H,15,16). The molecule has 4 heteroatoms. The zero-order valence-electron chi connectivity index (χ0n) is 12.4. The Kier molecular flexibility index (Phi) is 6.61. The SMILES string of the molecule is CCSCCC(C)Nc1nc(C)cn1CC(C)C. The molecule has 0 radical (unpaired) electrons. The summed E-state index contributed by atoms with van der Waals surface area (Å²) in [6.45, 7) is 12.0. The number of anilines is 1. The van der Waals surface area contributed by atoms with Crippen LogP contribution in [0.4, 0.5) is 5.95 Å². The number of nitrogens with one attached hydrogen (secondary N) is 1. The normalized spacial score (nSPS) is 13.0. The highest BCUT2D eigenvalue weighted by Crippen LogP contribution is 2.14. The van der Waals surface area contributed by atoms with Crippen LogP contribution < -0.4 is 5.32 Å². The highest BCUT2D eigenvalue weighted by atomic mass is 32.2. The summed E-state index contributed by atoms with van der Waals surface area (Å²) >= 11 is 2.00. The fourth-order valence-corrected chi connectivity index (χ4v) is 2.70. The molecule has 0 aliphatic rings. The van der Waals surface area contributed by atoms with E-state index in [1.54, 1.807) is 0 Å². The lowest BCUT2D eigenvalue weighted by atomic mass is 10.2. The molecule has 0 aliphatic carbocycles. The van der Waals surface area contributed by atoms with E-state index < -0.39 is 0 Å². The number of aryl methyl sites for hydroxylation is 1. The van der Waals surface area contributed by atoms with Gasteiger partial charge in [-0.3, -0.25) is 0 Å². The molecule has 1 aromatic heterocycles. The van der Waals surface area contributed by atoms with E-state index in [0.29, 0.717) is 12.0 Å². The van der Waals surface area contributed by atoms with Crippen LogP contribution in [0.3, 0.4) is 0 Å².